The molecule has 1 aliphatic carbocycles. The molecule has 1 aliphatic rings. The Bertz CT molecular complexity index is 857. The molecule has 0 radical (unpaired) electrons. The van der Waals surface area contributed by atoms with E-state index in [2.05, 4.69) is 11.4 Å². The van der Waals surface area contributed by atoms with E-state index >= 15 is 0 Å². The van der Waals surface area contributed by atoms with Crippen LogP contribution < -0.4 is 15.8 Å². The molecule has 0 atom stereocenters. The number of hydrogen-bond acceptors (Lipinski definition) is 4. The predicted molar refractivity (Wildman–Crippen MR) is 109 cm³/mol. The molecule has 0 fully saturated rings. The molecular weight excluding hydrogens is 360 g/mol. The van der Waals surface area contributed by atoms with Gasteiger partial charge < -0.3 is 15.8 Å². The molecule has 5 nitrogen and oxygen atoms in total. The zero-order chi connectivity index (χ0) is 19.4. The molecule has 0 aliphatic heterocycles. The highest BCUT2D eigenvalue weighted by Gasteiger charge is 2.24. The molecule has 6 heteroatoms. The van der Waals surface area contributed by atoms with Gasteiger partial charge in [-0.05, 0) is 63.1 Å². The molecule has 0 bridgehead atoms. The molecule has 0 saturated heterocycles. The van der Waals surface area contributed by atoms with E-state index in [1.165, 1.54) is 21.8 Å². The molecule has 27 heavy (non-hydrogen) atoms. The number of rotatable bonds is 7. The summed E-state index contributed by atoms with van der Waals surface area (Å²) in [5, 5.41) is 3.50. The normalized spacial score (nSPS) is 13.1. The number of nitrogens with two attached hydrogens (primary N) is 1. The fourth-order valence-electron chi connectivity index (χ4n) is 3.48. The minimum atomic E-state index is -0.456. The summed E-state index contributed by atoms with van der Waals surface area (Å²) in [7, 11) is 0. The van der Waals surface area contributed by atoms with Gasteiger partial charge in [-0.1, -0.05) is 17.7 Å². The number of fused-ring (bicyclic) bond motifs is 1. The fourth-order valence-corrected chi connectivity index (χ4v) is 4.79. The molecule has 0 saturated carbocycles. The van der Waals surface area contributed by atoms with Crippen LogP contribution in [0.15, 0.2) is 18.2 Å². The van der Waals surface area contributed by atoms with Crippen LogP contribution in [0.4, 0.5) is 5.00 Å². The van der Waals surface area contributed by atoms with E-state index in [0.29, 0.717) is 30.0 Å². The Morgan fingerprint density at radius 1 is 1.22 bits per heavy atom. The number of anilines is 1. The average molecular weight is 387 g/mol. The number of aryl methyl sites for hydroxylation is 3. The number of amides is 2. The maximum atomic E-state index is 12.3. The molecule has 2 aromatic rings. The zero-order valence-electron chi connectivity index (χ0n) is 15.9. The highest BCUT2D eigenvalue weighted by atomic mass is 32.1. The molecule has 1 aromatic carbocycles. The summed E-state index contributed by atoms with van der Waals surface area (Å²) >= 11 is 1.49. The number of nitrogens with one attached hydrogen (secondary N) is 1. The fraction of sp³-hybridized carbons (Fsp3) is 0.429. The Balaban J connectivity index is 1.54. The Hall–Kier alpha value is -2.34. The van der Waals surface area contributed by atoms with Crippen molar-refractivity contribution in [3.8, 4) is 5.75 Å². The van der Waals surface area contributed by atoms with Gasteiger partial charge in [-0.2, -0.15) is 0 Å². The summed E-state index contributed by atoms with van der Waals surface area (Å²) < 4.78 is 5.77. The molecule has 1 heterocycles. The topological polar surface area (TPSA) is 81.4 Å². The number of thiophene rings is 1. The van der Waals surface area contributed by atoms with E-state index in [4.69, 9.17) is 10.5 Å². The lowest BCUT2D eigenvalue weighted by Crippen LogP contribution is -2.18. The van der Waals surface area contributed by atoms with Crippen molar-refractivity contribution in [2.45, 2.75) is 52.4 Å². The third kappa shape index (κ3) is 4.69. The summed E-state index contributed by atoms with van der Waals surface area (Å²) in [5.41, 5.74) is 9.40. The largest absolute Gasteiger partial charge is 0.493 e. The second-order valence-electron chi connectivity index (χ2n) is 7.05. The first-order valence-electron chi connectivity index (χ1n) is 9.40. The smallest absolute Gasteiger partial charge is 0.251 e. The van der Waals surface area contributed by atoms with E-state index in [0.717, 1.165) is 42.6 Å². The number of carbonyl (C=O) groups is 2. The number of primary amides is 1. The van der Waals surface area contributed by atoms with Crippen LogP contribution in [0.5, 0.6) is 5.75 Å². The van der Waals surface area contributed by atoms with Gasteiger partial charge in [0.25, 0.3) is 5.91 Å². The van der Waals surface area contributed by atoms with E-state index in [-0.39, 0.29) is 5.91 Å². The van der Waals surface area contributed by atoms with Crippen molar-refractivity contribution < 1.29 is 14.3 Å². The van der Waals surface area contributed by atoms with Crippen LogP contribution in [-0.4, -0.2) is 18.4 Å². The quantitative estimate of drug-likeness (QED) is 0.702. The monoisotopic (exact) mass is 386 g/mol. The van der Waals surface area contributed by atoms with Crippen molar-refractivity contribution >= 4 is 28.2 Å². The van der Waals surface area contributed by atoms with Gasteiger partial charge in [-0.25, -0.2) is 0 Å². The SMILES string of the molecule is Cc1ccc(OCCCC(=O)Nc2sc3c(c2C(N)=O)CCCC3)c(C)c1. The van der Waals surface area contributed by atoms with E-state index < -0.39 is 5.91 Å². The van der Waals surface area contributed by atoms with Gasteiger partial charge in [0.1, 0.15) is 10.8 Å². The zero-order valence-corrected chi connectivity index (χ0v) is 16.7. The van der Waals surface area contributed by atoms with Crippen LogP contribution in [-0.2, 0) is 17.6 Å². The number of ether oxygens (including phenoxy) is 1. The van der Waals surface area contributed by atoms with Crippen molar-refractivity contribution in [3.05, 3.63) is 45.3 Å². The molecule has 0 unspecified atom stereocenters. The molecule has 1 aromatic heterocycles. The van der Waals surface area contributed by atoms with E-state index in [1.807, 2.05) is 26.0 Å². The van der Waals surface area contributed by atoms with Crippen molar-refractivity contribution in [1.82, 2.24) is 0 Å². The lowest BCUT2D eigenvalue weighted by Gasteiger charge is -2.11. The van der Waals surface area contributed by atoms with Crippen LogP contribution in [0.25, 0.3) is 0 Å². The molecule has 3 rings (SSSR count). The Kier molecular flexibility index (Phi) is 6.16. The molecule has 3 N–H and O–H groups in total. The Labute approximate surface area is 163 Å². The van der Waals surface area contributed by atoms with E-state index in [1.54, 1.807) is 0 Å². The minimum absolute atomic E-state index is 0.111. The van der Waals surface area contributed by atoms with Crippen LogP contribution in [0.2, 0.25) is 0 Å². The number of hydrogen-bond donors (Lipinski definition) is 2. The van der Waals surface area contributed by atoms with Gasteiger partial charge >= 0.3 is 0 Å². The van der Waals surface area contributed by atoms with Crippen molar-refractivity contribution in [3.63, 3.8) is 0 Å². The molecular formula is C21H26N2O3S. The highest BCUT2D eigenvalue weighted by molar-refractivity contribution is 7.17. The summed E-state index contributed by atoms with van der Waals surface area (Å²) in [6.07, 6.45) is 4.95. The van der Waals surface area contributed by atoms with Crippen LogP contribution in [0.3, 0.4) is 0 Å². The first-order valence-corrected chi connectivity index (χ1v) is 10.2. The maximum Gasteiger partial charge on any atom is 0.251 e. The minimum Gasteiger partial charge on any atom is -0.493 e. The van der Waals surface area contributed by atoms with Gasteiger partial charge in [0.05, 0.1) is 12.2 Å². The third-order valence-electron chi connectivity index (χ3n) is 4.81. The maximum absolute atomic E-state index is 12.3. The summed E-state index contributed by atoms with van der Waals surface area (Å²) in [4.78, 5) is 25.4. The van der Waals surface area contributed by atoms with Crippen LogP contribution in [0.1, 0.15) is 57.6 Å². The van der Waals surface area contributed by atoms with Crippen molar-refractivity contribution in [1.29, 1.82) is 0 Å². The summed E-state index contributed by atoms with van der Waals surface area (Å²) in [6.45, 7) is 4.53. The van der Waals surface area contributed by atoms with Crippen LogP contribution in [0, 0.1) is 13.8 Å². The van der Waals surface area contributed by atoms with Gasteiger partial charge in [0.2, 0.25) is 5.91 Å². The van der Waals surface area contributed by atoms with Crippen molar-refractivity contribution in [2.24, 2.45) is 5.73 Å². The molecule has 144 valence electrons. The van der Waals surface area contributed by atoms with Gasteiger partial charge in [-0.15, -0.1) is 11.3 Å². The van der Waals surface area contributed by atoms with E-state index in [9.17, 15) is 9.59 Å². The number of carbonyl (C=O) groups excluding carboxylic acids is 2. The second kappa shape index (κ2) is 8.57. The lowest BCUT2D eigenvalue weighted by atomic mass is 9.95. The van der Waals surface area contributed by atoms with Gasteiger partial charge in [-0.3, -0.25) is 9.59 Å². The standard InChI is InChI=1S/C21H26N2O3S/c1-13-9-10-16(14(2)12-13)26-11-5-8-18(24)23-21-19(20(22)25)15-6-3-4-7-17(15)27-21/h9-10,12H,3-8,11H2,1-2H3,(H2,22,25)(H,23,24). The lowest BCUT2D eigenvalue weighted by molar-refractivity contribution is -0.116. The van der Waals surface area contributed by atoms with Gasteiger partial charge in [0, 0.05) is 11.3 Å². The average Bonchev–Trinajstić information content (AvgIpc) is 2.98. The Morgan fingerprint density at radius 3 is 2.74 bits per heavy atom. The molecule has 2 amide bonds. The second-order valence-corrected chi connectivity index (χ2v) is 8.15. The number of benzene rings is 1. The van der Waals surface area contributed by atoms with Crippen LogP contribution >= 0.6 is 11.3 Å². The first-order chi connectivity index (χ1) is 13.0. The molecule has 0 spiro atoms. The van der Waals surface area contributed by atoms with Crippen molar-refractivity contribution in [2.75, 3.05) is 11.9 Å². The van der Waals surface area contributed by atoms with Gasteiger partial charge in [0.15, 0.2) is 0 Å². The first kappa shape index (κ1) is 19.4. The summed E-state index contributed by atoms with van der Waals surface area (Å²) in [6, 6.07) is 6.05. The highest BCUT2D eigenvalue weighted by Crippen LogP contribution is 2.37. The summed E-state index contributed by atoms with van der Waals surface area (Å²) in [5.74, 6) is 0.283. The third-order valence-corrected chi connectivity index (χ3v) is 6.01. The predicted octanol–water partition coefficient (Wildman–Crippen LogP) is 4.14. The Morgan fingerprint density at radius 2 is 2.00 bits per heavy atom.